The Morgan fingerprint density at radius 1 is 1.35 bits per heavy atom. The highest BCUT2D eigenvalue weighted by atomic mass is 16.4. The third-order valence-electron chi connectivity index (χ3n) is 3.40. The van der Waals surface area contributed by atoms with Crippen molar-refractivity contribution in [3.8, 4) is 0 Å². The van der Waals surface area contributed by atoms with Gasteiger partial charge >= 0.3 is 12.0 Å². The van der Waals surface area contributed by atoms with Gasteiger partial charge in [0.1, 0.15) is 6.04 Å². The topological polar surface area (TPSA) is 64.1 Å². The van der Waals surface area contributed by atoms with Crippen molar-refractivity contribution in [3.63, 3.8) is 0 Å². The molecule has 0 aromatic heterocycles. The maximum absolute atomic E-state index is 12.0. The molecule has 2 unspecified atom stereocenters. The van der Waals surface area contributed by atoms with E-state index >= 15 is 0 Å². The molecular weight excluding hydrogens is 222 g/mol. The number of carboxylic acid groups (broad SMARTS) is 1. The molecule has 1 heterocycles. The fraction of sp³-hybridized carbons (Fsp3) is 0.818. The molecule has 6 heteroatoms. The van der Waals surface area contributed by atoms with Crippen molar-refractivity contribution in [2.24, 2.45) is 0 Å². The highest BCUT2D eigenvalue weighted by Crippen LogP contribution is 2.15. The lowest BCUT2D eigenvalue weighted by Gasteiger charge is -2.28. The van der Waals surface area contributed by atoms with Gasteiger partial charge in [-0.15, -0.1) is 0 Å². The maximum Gasteiger partial charge on any atom is 0.326 e. The van der Waals surface area contributed by atoms with Gasteiger partial charge in [0.15, 0.2) is 0 Å². The minimum Gasteiger partial charge on any atom is -0.480 e. The summed E-state index contributed by atoms with van der Waals surface area (Å²) in [6.07, 6.45) is 0.939. The van der Waals surface area contributed by atoms with E-state index in [1.54, 1.807) is 4.90 Å². The first-order valence-electron chi connectivity index (χ1n) is 5.75. The number of hydrogen-bond donors (Lipinski definition) is 1. The molecule has 6 nitrogen and oxygen atoms in total. The van der Waals surface area contributed by atoms with Crippen LogP contribution in [-0.2, 0) is 4.79 Å². The Hall–Kier alpha value is -1.30. The standard InChI is InChI=1S/C11H21N3O3/c1-8(10(15)16)13(4)11(17)14-6-5-9(7-14)12(2)3/h8-9H,5-7H2,1-4H3,(H,15,16). The van der Waals surface area contributed by atoms with Crippen molar-refractivity contribution < 1.29 is 14.7 Å². The molecule has 1 aliphatic heterocycles. The van der Waals surface area contributed by atoms with Gasteiger partial charge in [0.2, 0.25) is 0 Å². The first-order valence-corrected chi connectivity index (χ1v) is 5.75. The van der Waals surface area contributed by atoms with Crippen LogP contribution in [0.25, 0.3) is 0 Å². The average molecular weight is 243 g/mol. The maximum atomic E-state index is 12.0. The summed E-state index contributed by atoms with van der Waals surface area (Å²) < 4.78 is 0. The van der Waals surface area contributed by atoms with Crippen molar-refractivity contribution >= 4 is 12.0 Å². The monoisotopic (exact) mass is 243 g/mol. The van der Waals surface area contributed by atoms with Gasteiger partial charge in [-0.3, -0.25) is 0 Å². The first kappa shape index (κ1) is 13.8. The molecule has 0 radical (unpaired) electrons. The summed E-state index contributed by atoms with van der Waals surface area (Å²) in [4.78, 5) is 27.9. The van der Waals surface area contributed by atoms with E-state index in [-0.39, 0.29) is 6.03 Å². The predicted octanol–water partition coefficient (Wildman–Crippen LogP) is 0.147. The Kier molecular flexibility index (Phi) is 4.34. The van der Waals surface area contributed by atoms with Crippen molar-refractivity contribution in [3.05, 3.63) is 0 Å². The summed E-state index contributed by atoms with van der Waals surface area (Å²) in [7, 11) is 5.51. The van der Waals surface area contributed by atoms with Crippen molar-refractivity contribution in [1.29, 1.82) is 0 Å². The predicted molar refractivity (Wildman–Crippen MR) is 63.9 cm³/mol. The number of aliphatic carboxylic acids is 1. The Balaban J connectivity index is 2.57. The summed E-state index contributed by atoms with van der Waals surface area (Å²) >= 11 is 0. The molecule has 1 aliphatic rings. The van der Waals surface area contributed by atoms with Crippen molar-refractivity contribution in [1.82, 2.24) is 14.7 Å². The molecule has 1 fully saturated rings. The first-order chi connectivity index (χ1) is 7.84. The number of likely N-dealkylation sites (N-methyl/N-ethyl adjacent to an activating group) is 2. The quantitative estimate of drug-likeness (QED) is 0.766. The molecule has 0 spiro atoms. The molecular formula is C11H21N3O3. The third kappa shape index (κ3) is 3.09. The third-order valence-corrected chi connectivity index (χ3v) is 3.40. The van der Waals surface area contributed by atoms with E-state index in [4.69, 9.17) is 5.11 Å². The zero-order chi connectivity index (χ0) is 13.2. The van der Waals surface area contributed by atoms with Gasteiger partial charge in [-0.05, 0) is 27.4 Å². The fourth-order valence-electron chi connectivity index (χ4n) is 1.89. The van der Waals surface area contributed by atoms with Gasteiger partial charge in [0, 0.05) is 26.2 Å². The zero-order valence-electron chi connectivity index (χ0n) is 10.9. The number of amides is 2. The summed E-state index contributed by atoms with van der Waals surface area (Å²) in [6, 6.07) is -0.627. The van der Waals surface area contributed by atoms with Crippen LogP contribution >= 0.6 is 0 Å². The molecule has 2 atom stereocenters. The largest absolute Gasteiger partial charge is 0.480 e. The van der Waals surface area contributed by atoms with Gasteiger partial charge in [0.25, 0.3) is 0 Å². The molecule has 0 aliphatic carbocycles. The van der Waals surface area contributed by atoms with Crippen LogP contribution in [0, 0.1) is 0 Å². The van der Waals surface area contributed by atoms with Crippen LogP contribution in [0.1, 0.15) is 13.3 Å². The van der Waals surface area contributed by atoms with Crippen LogP contribution in [0.4, 0.5) is 4.79 Å². The number of hydrogen-bond acceptors (Lipinski definition) is 3. The van der Waals surface area contributed by atoms with Gasteiger partial charge in [-0.25, -0.2) is 9.59 Å². The summed E-state index contributed by atoms with van der Waals surface area (Å²) in [6.45, 7) is 2.88. The van der Waals surface area contributed by atoms with E-state index in [1.807, 2.05) is 14.1 Å². The highest BCUT2D eigenvalue weighted by molar-refractivity contribution is 5.82. The minimum absolute atomic E-state index is 0.204. The van der Waals surface area contributed by atoms with Crippen LogP contribution in [0.15, 0.2) is 0 Å². The second-order valence-electron chi connectivity index (χ2n) is 4.76. The second-order valence-corrected chi connectivity index (χ2v) is 4.76. The Labute approximate surface area is 102 Å². The van der Waals surface area contributed by atoms with E-state index in [1.165, 1.54) is 18.9 Å². The van der Waals surface area contributed by atoms with E-state index in [9.17, 15) is 9.59 Å². The molecule has 2 amide bonds. The van der Waals surface area contributed by atoms with E-state index in [2.05, 4.69) is 4.90 Å². The number of likely N-dealkylation sites (tertiary alicyclic amines) is 1. The van der Waals surface area contributed by atoms with Crippen LogP contribution in [0.3, 0.4) is 0 Å². The number of urea groups is 1. The molecule has 0 bridgehead atoms. The summed E-state index contributed by atoms with van der Waals surface area (Å²) in [5.74, 6) is -0.982. The van der Waals surface area contributed by atoms with Crippen LogP contribution in [0.2, 0.25) is 0 Å². The number of carbonyl (C=O) groups excluding carboxylic acids is 1. The number of rotatable bonds is 3. The lowest BCUT2D eigenvalue weighted by atomic mass is 10.2. The number of carbonyl (C=O) groups is 2. The smallest absolute Gasteiger partial charge is 0.326 e. The number of carboxylic acids is 1. The molecule has 1 saturated heterocycles. The van der Waals surface area contributed by atoms with Gasteiger partial charge in [0.05, 0.1) is 0 Å². The molecule has 0 aromatic rings. The van der Waals surface area contributed by atoms with Crippen molar-refractivity contribution in [2.75, 3.05) is 34.2 Å². The van der Waals surface area contributed by atoms with Gasteiger partial charge in [-0.1, -0.05) is 0 Å². The SMILES string of the molecule is CC(C(=O)O)N(C)C(=O)N1CCC(N(C)C)C1. The number of nitrogens with zero attached hydrogens (tertiary/aromatic N) is 3. The van der Waals surface area contributed by atoms with Gasteiger partial charge < -0.3 is 19.8 Å². The highest BCUT2D eigenvalue weighted by Gasteiger charge is 2.31. The summed E-state index contributed by atoms with van der Waals surface area (Å²) in [5.41, 5.74) is 0. The van der Waals surface area contributed by atoms with E-state index < -0.39 is 12.0 Å². The van der Waals surface area contributed by atoms with Crippen LogP contribution in [-0.4, -0.2) is 78.1 Å². The Morgan fingerprint density at radius 3 is 2.35 bits per heavy atom. The fourth-order valence-corrected chi connectivity index (χ4v) is 1.89. The molecule has 1 rings (SSSR count). The minimum atomic E-state index is -0.982. The molecule has 0 saturated carbocycles. The molecule has 1 N–H and O–H groups in total. The molecule has 0 aromatic carbocycles. The normalized spacial score (nSPS) is 21.7. The lowest BCUT2D eigenvalue weighted by Crippen LogP contribution is -2.47. The summed E-state index contributed by atoms with van der Waals surface area (Å²) in [5, 5.41) is 8.86. The van der Waals surface area contributed by atoms with E-state index in [0.29, 0.717) is 19.1 Å². The Morgan fingerprint density at radius 2 is 1.94 bits per heavy atom. The van der Waals surface area contributed by atoms with Crippen LogP contribution < -0.4 is 0 Å². The van der Waals surface area contributed by atoms with Crippen molar-refractivity contribution in [2.45, 2.75) is 25.4 Å². The van der Waals surface area contributed by atoms with E-state index in [0.717, 1.165) is 6.42 Å². The second kappa shape index (κ2) is 5.35. The molecule has 17 heavy (non-hydrogen) atoms. The lowest BCUT2D eigenvalue weighted by molar-refractivity contribution is -0.141. The zero-order valence-corrected chi connectivity index (χ0v) is 10.9. The van der Waals surface area contributed by atoms with Gasteiger partial charge in [-0.2, -0.15) is 0 Å². The molecule has 98 valence electrons. The van der Waals surface area contributed by atoms with Crippen LogP contribution in [0.5, 0.6) is 0 Å². The average Bonchev–Trinajstić information content (AvgIpc) is 2.75. The Bertz CT molecular complexity index is 306.